The molecule has 0 spiro atoms. The molecule has 0 unspecified atom stereocenters. The summed E-state index contributed by atoms with van der Waals surface area (Å²) in [4.78, 5) is 20.9. The number of amides is 1. The van der Waals surface area contributed by atoms with Crippen molar-refractivity contribution in [2.24, 2.45) is 0 Å². The van der Waals surface area contributed by atoms with Gasteiger partial charge in [-0.05, 0) is 24.3 Å². The molecule has 146 valence electrons. The van der Waals surface area contributed by atoms with E-state index in [0.29, 0.717) is 33.7 Å². The van der Waals surface area contributed by atoms with Crippen LogP contribution < -0.4 is 19.3 Å². The number of ether oxygens (including phenoxy) is 2. The Bertz CT molecular complexity index is 1010. The number of thiazole rings is 1. The minimum absolute atomic E-state index is 0.161. The average molecular weight is 419 g/mol. The van der Waals surface area contributed by atoms with E-state index in [2.05, 4.69) is 4.98 Å². The van der Waals surface area contributed by atoms with E-state index < -0.39 is 6.10 Å². The number of benzene rings is 2. The summed E-state index contributed by atoms with van der Waals surface area (Å²) in [7, 11) is 4.10. The van der Waals surface area contributed by atoms with Crippen LogP contribution in [0.25, 0.3) is 10.2 Å². The fourth-order valence-corrected chi connectivity index (χ4v) is 4.27. The predicted molar refractivity (Wildman–Crippen MR) is 111 cm³/mol. The maximum atomic E-state index is 13.3. The lowest BCUT2D eigenvalue weighted by molar-refractivity contribution is -0.856. The van der Waals surface area contributed by atoms with E-state index in [0.717, 1.165) is 11.2 Å². The molecule has 6 nitrogen and oxygen atoms in total. The van der Waals surface area contributed by atoms with E-state index >= 15 is 0 Å². The van der Waals surface area contributed by atoms with Crippen molar-refractivity contribution in [3.63, 3.8) is 0 Å². The van der Waals surface area contributed by atoms with E-state index in [1.165, 1.54) is 16.2 Å². The first-order valence-electron chi connectivity index (χ1n) is 9.07. The van der Waals surface area contributed by atoms with Crippen molar-refractivity contribution in [1.29, 1.82) is 0 Å². The van der Waals surface area contributed by atoms with Crippen molar-refractivity contribution >= 4 is 44.2 Å². The number of para-hydroxylation sites is 3. The highest BCUT2D eigenvalue weighted by Crippen LogP contribution is 2.35. The number of hydrogen-bond acceptors (Lipinski definition) is 5. The van der Waals surface area contributed by atoms with Gasteiger partial charge in [-0.3, -0.25) is 9.69 Å². The maximum absolute atomic E-state index is 13.3. The fourth-order valence-electron chi connectivity index (χ4n) is 2.97. The summed E-state index contributed by atoms with van der Waals surface area (Å²) >= 11 is 7.73. The second kappa shape index (κ2) is 7.95. The summed E-state index contributed by atoms with van der Waals surface area (Å²) in [5.41, 5.74) is 0.713. The van der Waals surface area contributed by atoms with Gasteiger partial charge in [-0.2, -0.15) is 0 Å². The average Bonchev–Trinajstić information content (AvgIpc) is 3.12. The Morgan fingerprint density at radius 1 is 1.25 bits per heavy atom. The molecule has 1 N–H and O–H groups in total. The van der Waals surface area contributed by atoms with Gasteiger partial charge in [0.15, 0.2) is 16.6 Å². The van der Waals surface area contributed by atoms with Crippen molar-refractivity contribution in [3.05, 3.63) is 47.5 Å². The van der Waals surface area contributed by atoms with Gasteiger partial charge in [0.05, 0.1) is 36.9 Å². The largest absolute Gasteiger partial charge is 0.485 e. The summed E-state index contributed by atoms with van der Waals surface area (Å²) in [6.45, 7) is 1.48. The van der Waals surface area contributed by atoms with Crippen LogP contribution >= 0.6 is 22.9 Å². The highest BCUT2D eigenvalue weighted by molar-refractivity contribution is 7.22. The molecule has 0 saturated carbocycles. The Morgan fingerprint density at radius 3 is 2.79 bits per heavy atom. The van der Waals surface area contributed by atoms with Crippen LogP contribution in [0.5, 0.6) is 11.5 Å². The normalized spacial score (nSPS) is 15.8. The van der Waals surface area contributed by atoms with Crippen LogP contribution in [0, 0.1) is 0 Å². The lowest BCUT2D eigenvalue weighted by atomic mass is 10.2. The molecular formula is C20H21ClN3O3S+. The summed E-state index contributed by atoms with van der Waals surface area (Å²) in [6.07, 6.45) is -0.713. The monoisotopic (exact) mass is 418 g/mol. The van der Waals surface area contributed by atoms with E-state index in [-0.39, 0.29) is 12.5 Å². The molecule has 3 aromatic rings. The SMILES string of the molecule is C[NH+](C)CCN(C(=O)[C@H]1COc2ccccc2O1)c1nc2c(Cl)cccc2s1. The van der Waals surface area contributed by atoms with Crippen LogP contribution in [-0.4, -0.2) is 50.8 Å². The molecule has 2 aromatic carbocycles. The topological polar surface area (TPSA) is 56.1 Å². The van der Waals surface area contributed by atoms with Crippen molar-refractivity contribution in [2.45, 2.75) is 6.10 Å². The number of carbonyl (C=O) groups excluding carboxylic acids is 1. The molecule has 1 aromatic heterocycles. The van der Waals surface area contributed by atoms with Gasteiger partial charge in [0, 0.05) is 0 Å². The lowest BCUT2D eigenvalue weighted by Gasteiger charge is -2.29. The summed E-state index contributed by atoms with van der Waals surface area (Å²) in [5, 5.41) is 1.20. The first-order chi connectivity index (χ1) is 13.5. The van der Waals surface area contributed by atoms with Crippen LogP contribution in [0.3, 0.4) is 0 Å². The molecule has 0 aliphatic carbocycles. The minimum atomic E-state index is -0.713. The quantitative estimate of drug-likeness (QED) is 0.690. The molecule has 28 heavy (non-hydrogen) atoms. The third-order valence-corrected chi connectivity index (χ3v) is 5.82. The number of quaternary nitrogens is 1. The minimum Gasteiger partial charge on any atom is -0.485 e. The maximum Gasteiger partial charge on any atom is 0.273 e. The molecular weight excluding hydrogens is 398 g/mol. The first-order valence-corrected chi connectivity index (χ1v) is 10.3. The van der Waals surface area contributed by atoms with Gasteiger partial charge < -0.3 is 14.4 Å². The van der Waals surface area contributed by atoms with Crippen molar-refractivity contribution in [1.82, 2.24) is 4.98 Å². The Hall–Kier alpha value is -2.35. The van der Waals surface area contributed by atoms with E-state index in [4.69, 9.17) is 21.1 Å². The molecule has 4 rings (SSSR count). The standard InChI is InChI=1S/C20H20ClN3O3S/c1-23(2)10-11-24(20-22-18-13(21)6-5-9-17(18)28-20)19(25)16-12-26-14-7-3-4-8-15(14)27-16/h3-9,16H,10-12H2,1-2H3/p+1/t16-/m1/s1. The smallest absolute Gasteiger partial charge is 0.273 e. The van der Waals surface area contributed by atoms with Crippen molar-refractivity contribution in [3.8, 4) is 11.5 Å². The number of hydrogen-bond donors (Lipinski definition) is 1. The van der Waals surface area contributed by atoms with E-state index in [1.54, 1.807) is 17.0 Å². The summed E-state index contributed by atoms with van der Waals surface area (Å²) in [6, 6.07) is 13.0. The van der Waals surface area contributed by atoms with Gasteiger partial charge in [-0.15, -0.1) is 0 Å². The van der Waals surface area contributed by atoms with Crippen molar-refractivity contribution < 1.29 is 19.2 Å². The number of nitrogens with zero attached hydrogens (tertiary/aromatic N) is 2. The molecule has 0 fully saturated rings. The van der Waals surface area contributed by atoms with Gasteiger partial charge in [-0.1, -0.05) is 41.1 Å². The zero-order valence-electron chi connectivity index (χ0n) is 15.6. The Balaban J connectivity index is 1.63. The molecule has 8 heteroatoms. The zero-order valence-corrected chi connectivity index (χ0v) is 17.2. The molecule has 1 aliphatic rings. The number of anilines is 1. The van der Waals surface area contributed by atoms with Crippen LogP contribution in [0.4, 0.5) is 5.13 Å². The number of carbonyl (C=O) groups is 1. The second-order valence-electron chi connectivity index (χ2n) is 6.89. The number of likely N-dealkylation sites (N-methyl/N-ethyl adjacent to an activating group) is 1. The fraction of sp³-hybridized carbons (Fsp3) is 0.300. The Kier molecular flexibility index (Phi) is 5.39. The number of rotatable bonds is 5. The number of aromatic nitrogens is 1. The third-order valence-electron chi connectivity index (χ3n) is 4.47. The van der Waals surface area contributed by atoms with Gasteiger partial charge in [0.25, 0.3) is 5.91 Å². The van der Waals surface area contributed by atoms with Gasteiger partial charge in [0.1, 0.15) is 12.1 Å². The zero-order chi connectivity index (χ0) is 19.7. The van der Waals surface area contributed by atoms with E-state index in [9.17, 15) is 4.79 Å². The molecule has 0 radical (unpaired) electrons. The van der Waals surface area contributed by atoms with Gasteiger partial charge in [-0.25, -0.2) is 4.98 Å². The predicted octanol–water partition coefficient (Wildman–Crippen LogP) is 2.27. The van der Waals surface area contributed by atoms with Crippen molar-refractivity contribution in [2.75, 3.05) is 38.7 Å². The van der Waals surface area contributed by atoms with Crippen LogP contribution in [0.2, 0.25) is 5.02 Å². The summed E-state index contributed by atoms with van der Waals surface area (Å²) in [5.74, 6) is 1.08. The molecule has 0 saturated heterocycles. The lowest BCUT2D eigenvalue weighted by Crippen LogP contribution is -3.06. The Morgan fingerprint density at radius 2 is 2.04 bits per heavy atom. The van der Waals surface area contributed by atoms with Crippen LogP contribution in [0.1, 0.15) is 0 Å². The third kappa shape index (κ3) is 3.78. The molecule has 1 amide bonds. The van der Waals surface area contributed by atoms with Gasteiger partial charge >= 0.3 is 0 Å². The number of fused-ring (bicyclic) bond motifs is 2. The highest BCUT2D eigenvalue weighted by Gasteiger charge is 2.33. The van der Waals surface area contributed by atoms with E-state index in [1.807, 2.05) is 44.4 Å². The van der Waals surface area contributed by atoms with Gasteiger partial charge in [0.2, 0.25) is 6.10 Å². The summed E-state index contributed by atoms with van der Waals surface area (Å²) < 4.78 is 12.6. The van der Waals surface area contributed by atoms with Crippen LogP contribution in [0.15, 0.2) is 42.5 Å². The second-order valence-corrected chi connectivity index (χ2v) is 8.31. The number of nitrogens with one attached hydrogen (secondary N) is 1. The molecule has 1 atom stereocenters. The molecule has 2 heterocycles. The first kappa shape index (κ1) is 19.0. The highest BCUT2D eigenvalue weighted by atomic mass is 35.5. The molecule has 0 bridgehead atoms. The number of halogens is 1. The molecule has 1 aliphatic heterocycles. The Labute approximate surface area is 172 Å². The van der Waals surface area contributed by atoms with Crippen LogP contribution in [-0.2, 0) is 4.79 Å².